The van der Waals surface area contributed by atoms with Crippen LogP contribution in [0.3, 0.4) is 0 Å². The first-order valence-corrected chi connectivity index (χ1v) is 15.1. The molecule has 0 aromatic heterocycles. The van der Waals surface area contributed by atoms with Gasteiger partial charge >= 0.3 is 6.03 Å². The van der Waals surface area contributed by atoms with Crippen molar-refractivity contribution in [3.05, 3.63) is 25.3 Å². The summed E-state index contributed by atoms with van der Waals surface area (Å²) in [5.74, 6) is 0.447. The number of amides is 6. The maximum absolute atomic E-state index is 12.8. The summed E-state index contributed by atoms with van der Waals surface area (Å²) in [6, 6.07) is 0.351. The average Bonchev–Trinajstić information content (AvgIpc) is 3.50. The third-order valence-electron chi connectivity index (χ3n) is 6.75. The number of carbonyl (C=O) groups excluding carboxylic acids is 5. The first-order chi connectivity index (χ1) is 19.3. The van der Waals surface area contributed by atoms with Crippen LogP contribution in [0.25, 0.3) is 0 Å². The van der Waals surface area contributed by atoms with Gasteiger partial charge in [-0.3, -0.25) is 19.2 Å². The van der Waals surface area contributed by atoms with Crippen LogP contribution >= 0.6 is 11.8 Å². The molecule has 0 saturated carbocycles. The van der Waals surface area contributed by atoms with Gasteiger partial charge in [0.1, 0.15) is 0 Å². The van der Waals surface area contributed by atoms with Crippen molar-refractivity contribution < 1.29 is 24.0 Å². The molecule has 0 aromatic rings. The van der Waals surface area contributed by atoms with E-state index >= 15 is 0 Å². The molecule has 224 valence electrons. The van der Waals surface area contributed by atoms with Crippen molar-refractivity contribution in [2.75, 3.05) is 51.6 Å². The molecular formula is C27H45N7O5S. The lowest BCUT2D eigenvalue weighted by Crippen LogP contribution is -2.38. The van der Waals surface area contributed by atoms with Crippen LogP contribution in [-0.4, -0.2) is 103 Å². The van der Waals surface area contributed by atoms with Gasteiger partial charge in [-0.25, -0.2) is 4.79 Å². The molecule has 13 heteroatoms. The Morgan fingerprint density at radius 2 is 1.52 bits per heavy atom. The lowest BCUT2D eigenvalue weighted by molar-refractivity contribution is -0.131. The minimum Gasteiger partial charge on any atom is -0.355 e. The molecule has 3 atom stereocenters. The number of hydrogen-bond donors (Lipinski definition) is 6. The van der Waals surface area contributed by atoms with Crippen molar-refractivity contribution in [2.45, 2.75) is 62.3 Å². The van der Waals surface area contributed by atoms with Crippen molar-refractivity contribution >= 4 is 41.4 Å². The van der Waals surface area contributed by atoms with E-state index in [2.05, 4.69) is 45.1 Å². The Hall–Kier alpha value is -3.06. The van der Waals surface area contributed by atoms with E-state index in [-0.39, 0.29) is 41.7 Å². The van der Waals surface area contributed by atoms with E-state index in [1.54, 1.807) is 4.90 Å². The van der Waals surface area contributed by atoms with Gasteiger partial charge in [0.05, 0.1) is 12.1 Å². The number of hydrogen-bond acceptors (Lipinski definition) is 7. The molecule has 0 aliphatic carbocycles. The maximum Gasteiger partial charge on any atom is 0.315 e. The Balaban J connectivity index is 1.54. The molecule has 2 fully saturated rings. The number of nitrogens with zero attached hydrogens (tertiary/aromatic N) is 1. The minimum absolute atomic E-state index is 0.0127. The smallest absolute Gasteiger partial charge is 0.315 e. The van der Waals surface area contributed by atoms with Crippen LogP contribution in [0.2, 0.25) is 0 Å². The van der Waals surface area contributed by atoms with Crippen molar-refractivity contribution in [2.24, 2.45) is 0 Å². The standard InChI is InChI=1S/C27H45N7O5S/c1-3-22(35)29-12-7-17-34(18-8-13-30-23(36)4-2)25(38)11-14-28-15-16-31-24(37)10-6-5-9-21-26-20(19-40-21)32-27(39)33-26/h3-4,20-21,26,28H,1-2,5-19H2,(H,29,35)(H,30,36)(H,31,37)(H2,32,33,39)/t20-,21-,26-/m1/s1. The maximum atomic E-state index is 12.8. The van der Waals surface area contributed by atoms with Gasteiger partial charge in [-0.15, -0.1) is 0 Å². The summed E-state index contributed by atoms with van der Waals surface area (Å²) in [4.78, 5) is 60.7. The number of thioether (sulfide) groups is 1. The SMILES string of the molecule is C=CC(=O)NCCCN(CCCNC(=O)C=C)C(=O)CCNCCNC(=O)CCCC[C@H]1SC[C@H]2NC(=O)N[C@H]21. The second kappa shape index (κ2) is 19.1. The third-order valence-corrected chi connectivity index (χ3v) is 8.26. The molecule has 6 amide bonds. The quantitative estimate of drug-likeness (QED) is 0.0635. The second-order valence-electron chi connectivity index (χ2n) is 9.80. The average molecular weight is 580 g/mol. The molecular weight excluding hydrogens is 534 g/mol. The zero-order valence-corrected chi connectivity index (χ0v) is 24.1. The number of unbranched alkanes of at least 4 members (excludes halogenated alkanes) is 1. The summed E-state index contributed by atoms with van der Waals surface area (Å²) in [6.45, 7) is 10.2. The highest BCUT2D eigenvalue weighted by Gasteiger charge is 2.42. The number of fused-ring (bicyclic) bond motifs is 1. The Kier molecular flexibility index (Phi) is 15.8. The monoisotopic (exact) mass is 579 g/mol. The van der Waals surface area contributed by atoms with Crippen LogP contribution in [0.15, 0.2) is 25.3 Å². The minimum atomic E-state index is -0.249. The van der Waals surface area contributed by atoms with Crippen LogP contribution < -0.4 is 31.9 Å². The van der Waals surface area contributed by atoms with E-state index < -0.39 is 0 Å². The molecule has 0 aromatic carbocycles. The molecule has 40 heavy (non-hydrogen) atoms. The summed E-state index contributed by atoms with van der Waals surface area (Å²) in [6.07, 6.45) is 7.17. The molecule has 12 nitrogen and oxygen atoms in total. The predicted molar refractivity (Wildman–Crippen MR) is 157 cm³/mol. The number of carbonyl (C=O) groups is 5. The number of rotatable bonds is 21. The predicted octanol–water partition coefficient (Wildman–Crippen LogP) is 0.0213. The molecule has 6 N–H and O–H groups in total. The molecule has 0 bridgehead atoms. The molecule has 2 rings (SSSR count). The van der Waals surface area contributed by atoms with Crippen LogP contribution in [0, 0.1) is 0 Å². The first-order valence-electron chi connectivity index (χ1n) is 14.1. The number of nitrogens with one attached hydrogen (secondary N) is 6. The summed E-state index contributed by atoms with van der Waals surface area (Å²) in [7, 11) is 0. The number of urea groups is 1. The van der Waals surface area contributed by atoms with Crippen molar-refractivity contribution in [3.63, 3.8) is 0 Å². The van der Waals surface area contributed by atoms with E-state index in [0.29, 0.717) is 76.7 Å². The highest BCUT2D eigenvalue weighted by Crippen LogP contribution is 2.33. The van der Waals surface area contributed by atoms with Gasteiger partial charge in [0.2, 0.25) is 23.6 Å². The second-order valence-corrected chi connectivity index (χ2v) is 11.1. The zero-order chi connectivity index (χ0) is 29.2. The molecule has 2 saturated heterocycles. The van der Waals surface area contributed by atoms with Crippen LogP contribution in [0.1, 0.15) is 44.9 Å². The zero-order valence-electron chi connectivity index (χ0n) is 23.3. The fourth-order valence-electron chi connectivity index (χ4n) is 4.60. The van der Waals surface area contributed by atoms with E-state index in [1.165, 1.54) is 12.2 Å². The molecule has 0 spiro atoms. The van der Waals surface area contributed by atoms with Crippen LogP contribution in [0.4, 0.5) is 4.79 Å². The van der Waals surface area contributed by atoms with Crippen LogP contribution in [-0.2, 0) is 19.2 Å². The highest BCUT2D eigenvalue weighted by molar-refractivity contribution is 8.00. The Labute approximate surface area is 241 Å². The third kappa shape index (κ3) is 12.9. The molecule has 2 aliphatic rings. The van der Waals surface area contributed by atoms with Gasteiger partial charge in [0.15, 0.2) is 0 Å². The summed E-state index contributed by atoms with van der Waals surface area (Å²) in [5.41, 5.74) is 0. The highest BCUT2D eigenvalue weighted by atomic mass is 32.2. The van der Waals surface area contributed by atoms with Crippen molar-refractivity contribution in [1.82, 2.24) is 36.8 Å². The lowest BCUT2D eigenvalue weighted by atomic mass is 10.0. The Bertz CT molecular complexity index is 859. The summed E-state index contributed by atoms with van der Waals surface area (Å²) < 4.78 is 0. The van der Waals surface area contributed by atoms with Gasteiger partial charge in [-0.05, 0) is 37.8 Å². The van der Waals surface area contributed by atoms with Gasteiger partial charge in [0, 0.05) is 69.7 Å². The topological polar surface area (TPSA) is 161 Å². The normalized spacial score (nSPS) is 19.1. The van der Waals surface area contributed by atoms with Crippen molar-refractivity contribution in [3.8, 4) is 0 Å². The fraction of sp³-hybridized carbons (Fsp3) is 0.667. The fourth-order valence-corrected chi connectivity index (χ4v) is 6.14. The first kappa shape index (κ1) is 33.1. The molecule has 2 aliphatic heterocycles. The van der Waals surface area contributed by atoms with Crippen molar-refractivity contribution in [1.29, 1.82) is 0 Å². The van der Waals surface area contributed by atoms with Gasteiger partial charge < -0.3 is 36.8 Å². The van der Waals surface area contributed by atoms with Crippen LogP contribution in [0.5, 0.6) is 0 Å². The van der Waals surface area contributed by atoms with E-state index in [1.807, 2.05) is 11.8 Å². The van der Waals surface area contributed by atoms with Gasteiger partial charge in [-0.1, -0.05) is 19.6 Å². The molecule has 2 heterocycles. The molecule has 0 unspecified atom stereocenters. The van der Waals surface area contributed by atoms with Gasteiger partial charge in [-0.2, -0.15) is 11.8 Å². The van der Waals surface area contributed by atoms with E-state index in [9.17, 15) is 24.0 Å². The molecule has 0 radical (unpaired) electrons. The Morgan fingerprint density at radius 1 is 0.850 bits per heavy atom. The summed E-state index contributed by atoms with van der Waals surface area (Å²) in [5, 5.41) is 17.9. The Morgan fingerprint density at radius 3 is 2.17 bits per heavy atom. The van der Waals surface area contributed by atoms with E-state index in [0.717, 1.165) is 25.0 Å². The largest absolute Gasteiger partial charge is 0.355 e. The summed E-state index contributed by atoms with van der Waals surface area (Å²) >= 11 is 1.88. The van der Waals surface area contributed by atoms with Gasteiger partial charge in [0.25, 0.3) is 0 Å². The van der Waals surface area contributed by atoms with E-state index in [4.69, 9.17) is 0 Å². The lowest BCUT2D eigenvalue weighted by Gasteiger charge is -2.23.